The van der Waals surface area contributed by atoms with Crippen molar-refractivity contribution in [2.75, 3.05) is 13.6 Å². The Morgan fingerprint density at radius 3 is 2.33 bits per heavy atom. The summed E-state index contributed by atoms with van der Waals surface area (Å²) in [6, 6.07) is 15.8. The highest BCUT2D eigenvalue weighted by atomic mass is 16.1. The van der Waals surface area contributed by atoms with Crippen LogP contribution >= 0.6 is 0 Å². The Labute approximate surface area is 127 Å². The topological polar surface area (TPSA) is 29.1 Å². The molecule has 2 heteroatoms. The zero-order valence-electron chi connectivity index (χ0n) is 13.0. The van der Waals surface area contributed by atoms with Gasteiger partial charge in [0, 0.05) is 11.1 Å². The van der Waals surface area contributed by atoms with Crippen molar-refractivity contribution < 1.29 is 4.79 Å². The average Bonchev–Trinajstić information content (AvgIpc) is 2.52. The van der Waals surface area contributed by atoms with E-state index >= 15 is 0 Å². The van der Waals surface area contributed by atoms with Gasteiger partial charge in [-0.2, -0.15) is 0 Å². The van der Waals surface area contributed by atoms with Crippen LogP contribution in [0.2, 0.25) is 0 Å². The molecule has 2 aromatic rings. The average molecular weight is 281 g/mol. The molecular weight excluding hydrogens is 258 g/mol. The minimum absolute atomic E-state index is 0.108. The zero-order valence-corrected chi connectivity index (χ0v) is 13.0. The molecule has 21 heavy (non-hydrogen) atoms. The van der Waals surface area contributed by atoms with Gasteiger partial charge in [0.25, 0.3) is 0 Å². The summed E-state index contributed by atoms with van der Waals surface area (Å²) >= 11 is 0. The summed E-state index contributed by atoms with van der Waals surface area (Å²) in [4.78, 5) is 12.7. The molecule has 0 saturated heterocycles. The van der Waals surface area contributed by atoms with E-state index in [1.54, 1.807) is 0 Å². The summed E-state index contributed by atoms with van der Waals surface area (Å²) in [5.41, 5.74) is 3.93. The molecule has 0 atom stereocenters. The van der Waals surface area contributed by atoms with Crippen LogP contribution in [0.1, 0.15) is 46.8 Å². The van der Waals surface area contributed by atoms with Gasteiger partial charge in [0.1, 0.15) is 0 Å². The largest absolute Gasteiger partial charge is 0.319 e. The molecule has 2 rings (SSSR count). The predicted octanol–water partition coefficient (Wildman–Crippen LogP) is 3.80. The van der Waals surface area contributed by atoms with Crippen LogP contribution < -0.4 is 5.32 Å². The molecule has 1 N–H and O–H groups in total. The van der Waals surface area contributed by atoms with Crippen molar-refractivity contribution in [3.05, 3.63) is 70.8 Å². The van der Waals surface area contributed by atoms with E-state index in [9.17, 15) is 4.79 Å². The second-order valence-electron chi connectivity index (χ2n) is 5.62. The first-order chi connectivity index (χ1) is 10.1. The minimum Gasteiger partial charge on any atom is -0.319 e. The van der Waals surface area contributed by atoms with Gasteiger partial charge in [-0.05, 0) is 37.1 Å². The maximum atomic E-state index is 12.7. The van der Waals surface area contributed by atoms with E-state index in [0.29, 0.717) is 5.92 Å². The summed E-state index contributed by atoms with van der Waals surface area (Å²) < 4.78 is 0. The number of ketones is 1. The standard InChI is InChI=1S/C19H23NO/c1-14(2)15-8-10-17(11-9-15)19(21)18-7-5-4-6-16(18)12-13-20-3/h4-11,14,20H,12-13H2,1-3H3. The Morgan fingerprint density at radius 1 is 1.05 bits per heavy atom. The van der Waals surface area contributed by atoms with Crippen LogP contribution in [0, 0.1) is 0 Å². The number of carbonyl (C=O) groups excluding carboxylic acids is 1. The van der Waals surface area contributed by atoms with Crippen molar-refractivity contribution in [3.63, 3.8) is 0 Å². The van der Waals surface area contributed by atoms with Gasteiger partial charge in [-0.3, -0.25) is 4.79 Å². The molecule has 2 nitrogen and oxygen atoms in total. The molecule has 0 bridgehead atoms. The SMILES string of the molecule is CNCCc1ccccc1C(=O)c1ccc(C(C)C)cc1. The van der Waals surface area contributed by atoms with Crippen molar-refractivity contribution >= 4 is 5.78 Å². The number of carbonyl (C=O) groups is 1. The fourth-order valence-electron chi connectivity index (χ4n) is 2.39. The molecular formula is C19H23NO. The van der Waals surface area contributed by atoms with Gasteiger partial charge in [-0.15, -0.1) is 0 Å². The van der Waals surface area contributed by atoms with Crippen LogP contribution in [-0.2, 0) is 6.42 Å². The lowest BCUT2D eigenvalue weighted by Gasteiger charge is -2.10. The van der Waals surface area contributed by atoms with Crippen LogP contribution in [0.3, 0.4) is 0 Å². The summed E-state index contributed by atoms with van der Waals surface area (Å²) in [5.74, 6) is 0.592. The van der Waals surface area contributed by atoms with Crippen molar-refractivity contribution in [2.24, 2.45) is 0 Å². The first-order valence-electron chi connectivity index (χ1n) is 7.50. The molecule has 0 heterocycles. The molecule has 0 spiro atoms. The number of benzene rings is 2. The summed E-state index contributed by atoms with van der Waals surface area (Å²) in [7, 11) is 1.93. The van der Waals surface area contributed by atoms with Crippen LogP contribution in [0.4, 0.5) is 0 Å². The van der Waals surface area contributed by atoms with Gasteiger partial charge in [0.05, 0.1) is 0 Å². The second kappa shape index (κ2) is 7.19. The van der Waals surface area contributed by atoms with Crippen LogP contribution in [0.15, 0.2) is 48.5 Å². The number of nitrogens with one attached hydrogen (secondary N) is 1. The van der Waals surface area contributed by atoms with Gasteiger partial charge in [0.15, 0.2) is 5.78 Å². The fourth-order valence-corrected chi connectivity index (χ4v) is 2.39. The maximum absolute atomic E-state index is 12.7. The monoisotopic (exact) mass is 281 g/mol. The van der Waals surface area contributed by atoms with Crippen LogP contribution in [0.5, 0.6) is 0 Å². The quantitative estimate of drug-likeness (QED) is 0.816. The van der Waals surface area contributed by atoms with E-state index in [1.807, 2.05) is 55.6 Å². The normalized spacial score (nSPS) is 10.9. The van der Waals surface area contributed by atoms with E-state index < -0.39 is 0 Å². The van der Waals surface area contributed by atoms with Crippen LogP contribution in [0.25, 0.3) is 0 Å². The van der Waals surface area contributed by atoms with Gasteiger partial charge in [-0.1, -0.05) is 62.4 Å². The summed E-state index contributed by atoms with van der Waals surface area (Å²) in [6.45, 7) is 5.18. The Morgan fingerprint density at radius 2 is 1.71 bits per heavy atom. The number of hydrogen-bond acceptors (Lipinski definition) is 2. The van der Waals surface area contributed by atoms with Crippen LogP contribution in [-0.4, -0.2) is 19.4 Å². The highest BCUT2D eigenvalue weighted by molar-refractivity contribution is 6.09. The Hall–Kier alpha value is -1.93. The van der Waals surface area contributed by atoms with Crippen molar-refractivity contribution in [3.8, 4) is 0 Å². The molecule has 0 saturated carbocycles. The van der Waals surface area contributed by atoms with Crippen molar-refractivity contribution in [1.29, 1.82) is 0 Å². The van der Waals surface area contributed by atoms with Crippen molar-refractivity contribution in [2.45, 2.75) is 26.2 Å². The number of likely N-dealkylation sites (N-methyl/N-ethyl adjacent to an activating group) is 1. The molecule has 0 amide bonds. The van der Waals surface area contributed by atoms with Gasteiger partial charge >= 0.3 is 0 Å². The number of hydrogen-bond donors (Lipinski definition) is 1. The summed E-state index contributed by atoms with van der Waals surface area (Å²) in [6.07, 6.45) is 0.864. The third kappa shape index (κ3) is 3.79. The zero-order chi connectivity index (χ0) is 15.2. The predicted molar refractivity (Wildman–Crippen MR) is 88.0 cm³/mol. The van der Waals surface area contributed by atoms with Crippen molar-refractivity contribution in [1.82, 2.24) is 5.32 Å². The van der Waals surface area contributed by atoms with E-state index in [0.717, 1.165) is 29.7 Å². The molecule has 0 aliphatic carbocycles. The maximum Gasteiger partial charge on any atom is 0.193 e. The molecule has 0 aromatic heterocycles. The lowest BCUT2D eigenvalue weighted by Crippen LogP contribution is -2.13. The summed E-state index contributed by atoms with van der Waals surface area (Å²) in [5, 5.41) is 3.13. The minimum atomic E-state index is 0.108. The van der Waals surface area contributed by atoms with Gasteiger partial charge < -0.3 is 5.32 Å². The second-order valence-corrected chi connectivity index (χ2v) is 5.62. The third-order valence-electron chi connectivity index (χ3n) is 3.75. The lowest BCUT2D eigenvalue weighted by atomic mass is 9.94. The van der Waals surface area contributed by atoms with E-state index in [4.69, 9.17) is 0 Å². The first-order valence-corrected chi connectivity index (χ1v) is 7.50. The lowest BCUT2D eigenvalue weighted by molar-refractivity contribution is 0.103. The smallest absolute Gasteiger partial charge is 0.193 e. The molecule has 110 valence electrons. The molecule has 0 unspecified atom stereocenters. The third-order valence-corrected chi connectivity index (χ3v) is 3.75. The van der Waals surface area contributed by atoms with Gasteiger partial charge in [0.2, 0.25) is 0 Å². The first kappa shape index (κ1) is 15.5. The Bertz CT molecular complexity index is 599. The fraction of sp³-hybridized carbons (Fsp3) is 0.316. The molecule has 0 aliphatic heterocycles. The number of rotatable bonds is 6. The Kier molecular flexibility index (Phi) is 5.29. The van der Waals surface area contributed by atoms with E-state index in [-0.39, 0.29) is 5.78 Å². The van der Waals surface area contributed by atoms with E-state index in [1.165, 1.54) is 5.56 Å². The Balaban J connectivity index is 2.27. The van der Waals surface area contributed by atoms with E-state index in [2.05, 4.69) is 19.2 Å². The molecule has 0 radical (unpaired) electrons. The van der Waals surface area contributed by atoms with Gasteiger partial charge in [-0.25, -0.2) is 0 Å². The molecule has 0 aliphatic rings. The molecule has 2 aromatic carbocycles. The highest BCUT2D eigenvalue weighted by Gasteiger charge is 2.13. The molecule has 0 fully saturated rings. The highest BCUT2D eigenvalue weighted by Crippen LogP contribution is 2.19.